The molecule has 0 saturated heterocycles. The van der Waals surface area contributed by atoms with Crippen molar-refractivity contribution in [3.63, 3.8) is 0 Å². The SMILES string of the molecule is Cl.Cn1cc(C[C@@H](N)C(=O)OC[C@@H](N)C(=O)O)c2ccccc21. The number of rotatable bonds is 6. The van der Waals surface area contributed by atoms with Crippen LogP contribution < -0.4 is 11.5 Å². The summed E-state index contributed by atoms with van der Waals surface area (Å²) in [6.07, 6.45) is 2.23. The first-order valence-electron chi connectivity index (χ1n) is 6.83. The lowest BCUT2D eigenvalue weighted by atomic mass is 10.1. The van der Waals surface area contributed by atoms with Crippen molar-refractivity contribution in [2.45, 2.75) is 18.5 Å². The monoisotopic (exact) mass is 341 g/mol. The third kappa shape index (κ3) is 4.44. The van der Waals surface area contributed by atoms with E-state index < -0.39 is 30.6 Å². The Kier molecular flexibility index (Phi) is 6.56. The number of benzene rings is 1. The first kappa shape index (κ1) is 19.0. The van der Waals surface area contributed by atoms with E-state index >= 15 is 0 Å². The van der Waals surface area contributed by atoms with E-state index in [4.69, 9.17) is 21.3 Å². The van der Waals surface area contributed by atoms with Crippen molar-refractivity contribution in [2.24, 2.45) is 18.5 Å². The minimum Gasteiger partial charge on any atom is -0.480 e. The van der Waals surface area contributed by atoms with E-state index in [2.05, 4.69) is 0 Å². The molecule has 5 N–H and O–H groups in total. The molecule has 126 valence electrons. The van der Waals surface area contributed by atoms with Crippen molar-refractivity contribution >= 4 is 35.2 Å². The first-order chi connectivity index (χ1) is 10.4. The molecule has 0 saturated carbocycles. The fraction of sp³-hybridized carbons (Fsp3) is 0.333. The average molecular weight is 342 g/mol. The van der Waals surface area contributed by atoms with Gasteiger partial charge in [-0.1, -0.05) is 18.2 Å². The topological polar surface area (TPSA) is 121 Å². The molecule has 0 fully saturated rings. The molecule has 1 aromatic heterocycles. The van der Waals surface area contributed by atoms with Crippen LogP contribution in [0.25, 0.3) is 10.9 Å². The predicted octanol–water partition coefficient (Wildman–Crippen LogP) is 0.425. The number of aliphatic carboxylic acids is 1. The number of halogens is 1. The number of aromatic nitrogens is 1. The molecule has 2 atom stereocenters. The van der Waals surface area contributed by atoms with Crippen molar-refractivity contribution in [1.29, 1.82) is 0 Å². The van der Waals surface area contributed by atoms with Crippen LogP contribution in [0.3, 0.4) is 0 Å². The number of hydrogen-bond acceptors (Lipinski definition) is 5. The zero-order valence-corrected chi connectivity index (χ0v) is 13.5. The number of nitrogens with two attached hydrogens (primary N) is 2. The summed E-state index contributed by atoms with van der Waals surface area (Å²) in [6.45, 7) is -0.391. The smallest absolute Gasteiger partial charge is 0.324 e. The summed E-state index contributed by atoms with van der Waals surface area (Å²) in [6, 6.07) is 5.69. The zero-order chi connectivity index (χ0) is 16.3. The molecule has 0 aliphatic rings. The van der Waals surface area contributed by atoms with Gasteiger partial charge in [0.2, 0.25) is 0 Å². The lowest BCUT2D eigenvalue weighted by Gasteiger charge is -2.12. The molecule has 2 rings (SSSR count). The molecule has 8 heteroatoms. The standard InChI is InChI=1S/C15H19N3O4.ClH/c1-18-7-9(10-4-2-3-5-13(10)18)6-11(16)15(21)22-8-12(17)14(19)20;/h2-5,7,11-12H,6,8,16-17H2,1H3,(H,19,20);1H/t11-,12-;/m1./s1. The summed E-state index contributed by atoms with van der Waals surface area (Å²) >= 11 is 0. The molecule has 0 aliphatic heterocycles. The molecule has 7 nitrogen and oxygen atoms in total. The Morgan fingerprint density at radius 3 is 2.57 bits per heavy atom. The number of aryl methyl sites for hydroxylation is 1. The molecule has 1 heterocycles. The largest absolute Gasteiger partial charge is 0.480 e. The Labute approximate surface area is 139 Å². The van der Waals surface area contributed by atoms with E-state index in [1.165, 1.54) is 0 Å². The fourth-order valence-electron chi connectivity index (χ4n) is 2.26. The highest BCUT2D eigenvalue weighted by Gasteiger charge is 2.20. The van der Waals surface area contributed by atoms with Gasteiger partial charge < -0.3 is 25.9 Å². The second-order valence-electron chi connectivity index (χ2n) is 5.17. The number of ether oxygens (including phenoxy) is 1. The van der Waals surface area contributed by atoms with Crippen LogP contribution in [-0.2, 0) is 27.8 Å². The quantitative estimate of drug-likeness (QED) is 0.655. The van der Waals surface area contributed by atoms with E-state index in [1.807, 2.05) is 42.1 Å². The highest BCUT2D eigenvalue weighted by Crippen LogP contribution is 2.21. The van der Waals surface area contributed by atoms with Crippen molar-refractivity contribution in [3.05, 3.63) is 36.0 Å². The minimum absolute atomic E-state index is 0. The van der Waals surface area contributed by atoms with Gasteiger partial charge in [-0.25, -0.2) is 0 Å². The molecular formula is C15H20ClN3O4. The number of nitrogens with zero attached hydrogens (tertiary/aromatic N) is 1. The Hall–Kier alpha value is -2.09. The summed E-state index contributed by atoms with van der Waals surface area (Å²) in [7, 11) is 1.92. The first-order valence-corrected chi connectivity index (χ1v) is 6.83. The van der Waals surface area contributed by atoms with E-state index in [1.54, 1.807) is 0 Å². The number of para-hydroxylation sites is 1. The molecule has 0 unspecified atom stereocenters. The van der Waals surface area contributed by atoms with Gasteiger partial charge >= 0.3 is 11.9 Å². The summed E-state index contributed by atoms with van der Waals surface area (Å²) in [4.78, 5) is 22.4. The molecule has 0 spiro atoms. The van der Waals surface area contributed by atoms with Crippen LogP contribution in [0.5, 0.6) is 0 Å². The van der Waals surface area contributed by atoms with Gasteiger partial charge in [0.25, 0.3) is 0 Å². The lowest BCUT2D eigenvalue weighted by molar-refractivity contribution is -0.149. The summed E-state index contributed by atoms with van der Waals surface area (Å²) < 4.78 is 6.80. The van der Waals surface area contributed by atoms with Crippen LogP contribution in [0.15, 0.2) is 30.5 Å². The Morgan fingerprint density at radius 2 is 1.91 bits per heavy atom. The maximum Gasteiger partial charge on any atom is 0.324 e. The van der Waals surface area contributed by atoms with Gasteiger partial charge in [-0.05, 0) is 11.6 Å². The Morgan fingerprint density at radius 1 is 1.26 bits per heavy atom. The molecule has 0 aliphatic carbocycles. The highest BCUT2D eigenvalue weighted by molar-refractivity contribution is 5.86. The normalized spacial score (nSPS) is 13.2. The van der Waals surface area contributed by atoms with Crippen molar-refractivity contribution in [3.8, 4) is 0 Å². The Balaban J connectivity index is 0.00000264. The molecule has 23 heavy (non-hydrogen) atoms. The third-order valence-corrected chi connectivity index (χ3v) is 3.44. The molecule has 0 bridgehead atoms. The summed E-state index contributed by atoms with van der Waals surface area (Å²) in [5.74, 6) is -1.89. The number of fused-ring (bicyclic) bond motifs is 1. The van der Waals surface area contributed by atoms with Gasteiger partial charge in [-0.2, -0.15) is 0 Å². The van der Waals surface area contributed by atoms with E-state index in [9.17, 15) is 9.59 Å². The third-order valence-electron chi connectivity index (χ3n) is 3.44. The van der Waals surface area contributed by atoms with Crippen LogP contribution in [0.1, 0.15) is 5.56 Å². The van der Waals surface area contributed by atoms with Crippen LogP contribution in [0.4, 0.5) is 0 Å². The summed E-state index contributed by atoms with van der Waals surface area (Å²) in [5.41, 5.74) is 13.1. The molecule has 0 radical (unpaired) electrons. The van der Waals surface area contributed by atoms with Gasteiger partial charge in [0.1, 0.15) is 18.7 Å². The maximum absolute atomic E-state index is 11.8. The highest BCUT2D eigenvalue weighted by atomic mass is 35.5. The van der Waals surface area contributed by atoms with Gasteiger partial charge in [0.05, 0.1) is 0 Å². The fourth-order valence-corrected chi connectivity index (χ4v) is 2.26. The van der Waals surface area contributed by atoms with Gasteiger partial charge in [0, 0.05) is 30.6 Å². The Bertz CT molecular complexity index is 701. The second kappa shape index (κ2) is 7.96. The van der Waals surface area contributed by atoms with Gasteiger partial charge in [0.15, 0.2) is 0 Å². The van der Waals surface area contributed by atoms with Crippen molar-refractivity contribution in [2.75, 3.05) is 6.61 Å². The molecular weight excluding hydrogens is 322 g/mol. The van der Waals surface area contributed by atoms with Crippen molar-refractivity contribution in [1.82, 2.24) is 4.57 Å². The molecule has 2 aromatic rings. The van der Waals surface area contributed by atoms with E-state index in [0.717, 1.165) is 16.5 Å². The lowest BCUT2D eigenvalue weighted by Crippen LogP contribution is -2.40. The van der Waals surface area contributed by atoms with E-state index in [0.29, 0.717) is 6.42 Å². The number of carbonyl (C=O) groups excluding carboxylic acids is 1. The minimum atomic E-state index is -1.24. The summed E-state index contributed by atoms with van der Waals surface area (Å²) in [5, 5.41) is 9.66. The maximum atomic E-state index is 11.8. The zero-order valence-electron chi connectivity index (χ0n) is 12.6. The predicted molar refractivity (Wildman–Crippen MR) is 88.4 cm³/mol. The second-order valence-corrected chi connectivity index (χ2v) is 5.17. The van der Waals surface area contributed by atoms with Crippen LogP contribution in [-0.4, -0.2) is 40.3 Å². The number of carboxylic acids is 1. The van der Waals surface area contributed by atoms with Gasteiger partial charge in [-0.3, -0.25) is 9.59 Å². The van der Waals surface area contributed by atoms with Crippen LogP contribution >= 0.6 is 12.4 Å². The van der Waals surface area contributed by atoms with Gasteiger partial charge in [-0.15, -0.1) is 12.4 Å². The number of hydrogen-bond donors (Lipinski definition) is 3. The number of esters is 1. The van der Waals surface area contributed by atoms with Crippen LogP contribution in [0.2, 0.25) is 0 Å². The number of carboxylic acid groups (broad SMARTS) is 1. The number of carbonyl (C=O) groups is 2. The molecule has 0 amide bonds. The molecule has 1 aromatic carbocycles. The average Bonchev–Trinajstić information content (AvgIpc) is 2.81. The van der Waals surface area contributed by atoms with E-state index in [-0.39, 0.29) is 12.4 Å². The van der Waals surface area contributed by atoms with Crippen molar-refractivity contribution < 1.29 is 19.4 Å². The van der Waals surface area contributed by atoms with Crippen LogP contribution in [0, 0.1) is 0 Å².